The van der Waals surface area contributed by atoms with Crippen LogP contribution < -0.4 is 0 Å². The monoisotopic (exact) mass is 602 g/mol. The summed E-state index contributed by atoms with van der Waals surface area (Å²) in [4.78, 5) is 0. The van der Waals surface area contributed by atoms with Crippen LogP contribution in [0.1, 0.15) is 88.2 Å². The van der Waals surface area contributed by atoms with Crippen molar-refractivity contribution in [2.24, 2.45) is 5.92 Å². The van der Waals surface area contributed by atoms with Gasteiger partial charge >= 0.3 is 29.9 Å². The van der Waals surface area contributed by atoms with Crippen molar-refractivity contribution in [1.29, 1.82) is 0 Å². The molecule has 0 unspecified atom stereocenters. The highest BCUT2D eigenvalue weighted by atomic mass is 19.4. The molecule has 0 bridgehead atoms. The highest BCUT2D eigenvalue weighted by Gasteiger charge is 2.87. The Morgan fingerprint density at radius 2 is 1.05 bits per heavy atom. The van der Waals surface area contributed by atoms with E-state index in [4.69, 9.17) is 0 Å². The average molecular weight is 603 g/mol. The molecule has 0 heterocycles. The topological polar surface area (TPSA) is 0 Å². The van der Waals surface area contributed by atoms with E-state index in [0.29, 0.717) is 23.6 Å². The van der Waals surface area contributed by atoms with Gasteiger partial charge in [0, 0.05) is 5.56 Å². The van der Waals surface area contributed by atoms with E-state index in [1.54, 1.807) is 12.1 Å². The summed E-state index contributed by atoms with van der Waals surface area (Å²) in [5.41, 5.74) is -0.0166. The second kappa shape index (κ2) is 12.5. The molecule has 1 aliphatic carbocycles. The fraction of sp³-hybridized carbons (Fsp3) is 0.600. The molecular weight excluding hydrogens is 569 g/mol. The standard InChI is InChI=1S/C30H33F11/c1-2-3-4-5-6-7-20-8-10-21(11-9-20)22-12-14-23(15-13-22)24-16-18-25(19-17-24)26(31,32)27(33,34)28(35,36)29(37,38)30(39,40)41/h12-21H,2-11H2,1H3. The van der Waals surface area contributed by atoms with E-state index in [-0.39, 0.29) is 5.56 Å². The Labute approximate surface area is 232 Å². The van der Waals surface area contributed by atoms with Crippen molar-refractivity contribution in [2.45, 2.75) is 107 Å². The highest BCUT2D eigenvalue weighted by molar-refractivity contribution is 5.64. The maximum absolute atomic E-state index is 14.4. The molecule has 0 amide bonds. The van der Waals surface area contributed by atoms with Crippen molar-refractivity contribution in [2.75, 3.05) is 0 Å². The Morgan fingerprint density at radius 1 is 0.561 bits per heavy atom. The molecule has 0 aromatic heterocycles. The molecule has 0 N–H and O–H groups in total. The van der Waals surface area contributed by atoms with Gasteiger partial charge in [0.2, 0.25) is 0 Å². The summed E-state index contributed by atoms with van der Waals surface area (Å²) in [6.07, 6.45) is 4.65. The van der Waals surface area contributed by atoms with Crippen LogP contribution in [0.4, 0.5) is 48.3 Å². The van der Waals surface area contributed by atoms with Gasteiger partial charge in [-0.1, -0.05) is 94.0 Å². The zero-order chi connectivity index (χ0) is 30.7. The average Bonchev–Trinajstić information content (AvgIpc) is 2.92. The molecule has 1 saturated carbocycles. The number of rotatable bonds is 12. The summed E-state index contributed by atoms with van der Waals surface area (Å²) in [6.45, 7) is 2.18. The van der Waals surface area contributed by atoms with Gasteiger partial charge in [-0.2, -0.15) is 48.3 Å². The largest absolute Gasteiger partial charge is 0.460 e. The SMILES string of the molecule is CCCCCCCC1CCC(c2ccc(-c3ccc(C(F)(F)C(F)(F)C(F)(F)C(F)(F)C(F)(F)F)cc3)cc2)CC1. The summed E-state index contributed by atoms with van der Waals surface area (Å²) in [5.74, 6) is -26.8. The second-order valence-corrected chi connectivity index (χ2v) is 10.9. The van der Waals surface area contributed by atoms with Crippen LogP contribution in [0.2, 0.25) is 0 Å². The molecule has 1 aliphatic rings. The molecule has 0 nitrogen and oxygen atoms in total. The minimum Gasteiger partial charge on any atom is -0.194 e. The number of benzene rings is 2. The maximum Gasteiger partial charge on any atom is 0.460 e. The van der Waals surface area contributed by atoms with E-state index < -0.39 is 35.4 Å². The number of alkyl halides is 11. The molecule has 41 heavy (non-hydrogen) atoms. The van der Waals surface area contributed by atoms with Crippen LogP contribution in [-0.2, 0) is 5.92 Å². The van der Waals surface area contributed by atoms with Crippen LogP contribution in [0, 0.1) is 5.92 Å². The number of halogens is 11. The van der Waals surface area contributed by atoms with E-state index >= 15 is 0 Å². The zero-order valence-corrected chi connectivity index (χ0v) is 22.5. The molecular formula is C30H33F11. The predicted molar refractivity (Wildman–Crippen MR) is 135 cm³/mol. The lowest BCUT2D eigenvalue weighted by Crippen LogP contribution is -2.65. The van der Waals surface area contributed by atoms with E-state index in [2.05, 4.69) is 6.92 Å². The van der Waals surface area contributed by atoms with Crippen molar-refractivity contribution in [3.05, 3.63) is 59.7 Å². The van der Waals surface area contributed by atoms with E-state index in [1.807, 2.05) is 12.1 Å². The minimum absolute atomic E-state index is 0.235. The fourth-order valence-electron chi connectivity index (χ4n) is 5.39. The minimum atomic E-state index is -7.43. The third-order valence-corrected chi connectivity index (χ3v) is 8.06. The molecule has 2 aromatic carbocycles. The number of hydrogen-bond acceptors (Lipinski definition) is 0. The molecule has 1 fully saturated rings. The van der Waals surface area contributed by atoms with Gasteiger partial charge in [0.25, 0.3) is 0 Å². The molecule has 230 valence electrons. The van der Waals surface area contributed by atoms with Crippen LogP contribution in [0.15, 0.2) is 48.5 Å². The van der Waals surface area contributed by atoms with Gasteiger partial charge in [-0.05, 0) is 54.2 Å². The van der Waals surface area contributed by atoms with Crippen molar-refractivity contribution < 1.29 is 48.3 Å². The summed E-state index contributed by atoms with van der Waals surface area (Å²) in [5, 5.41) is 0. The Balaban J connectivity index is 1.66. The third-order valence-electron chi connectivity index (χ3n) is 8.06. The Kier molecular flexibility index (Phi) is 10.1. The first-order valence-corrected chi connectivity index (χ1v) is 13.8. The molecule has 0 radical (unpaired) electrons. The molecule has 11 heteroatoms. The summed E-state index contributed by atoms with van der Waals surface area (Å²) >= 11 is 0. The van der Waals surface area contributed by atoms with Crippen molar-refractivity contribution >= 4 is 0 Å². The van der Waals surface area contributed by atoms with E-state index in [1.165, 1.54) is 38.5 Å². The Bertz CT molecular complexity index is 1090. The third kappa shape index (κ3) is 6.69. The molecule has 2 aromatic rings. The van der Waals surface area contributed by atoms with Gasteiger partial charge in [-0.3, -0.25) is 0 Å². The first-order valence-electron chi connectivity index (χ1n) is 13.8. The van der Waals surface area contributed by atoms with Crippen LogP contribution in [0.5, 0.6) is 0 Å². The van der Waals surface area contributed by atoms with Gasteiger partial charge in [0.1, 0.15) is 0 Å². The van der Waals surface area contributed by atoms with Crippen molar-refractivity contribution in [1.82, 2.24) is 0 Å². The van der Waals surface area contributed by atoms with E-state index in [9.17, 15) is 48.3 Å². The molecule has 0 spiro atoms. The fourth-order valence-corrected chi connectivity index (χ4v) is 5.39. The lowest BCUT2D eigenvalue weighted by Gasteiger charge is -2.37. The number of unbranched alkanes of at least 4 members (excludes halogenated alkanes) is 4. The molecule has 0 aliphatic heterocycles. The van der Waals surface area contributed by atoms with Crippen LogP contribution in [0.25, 0.3) is 11.1 Å². The smallest absolute Gasteiger partial charge is 0.194 e. The molecule has 0 saturated heterocycles. The second-order valence-electron chi connectivity index (χ2n) is 10.9. The Morgan fingerprint density at radius 3 is 1.54 bits per heavy atom. The summed E-state index contributed by atoms with van der Waals surface area (Å²) in [7, 11) is 0. The quantitative estimate of drug-likeness (QED) is 0.168. The maximum atomic E-state index is 14.4. The van der Waals surface area contributed by atoms with Crippen LogP contribution in [-0.4, -0.2) is 23.9 Å². The highest BCUT2D eigenvalue weighted by Crippen LogP contribution is 2.59. The van der Waals surface area contributed by atoms with Gasteiger partial charge in [-0.15, -0.1) is 0 Å². The zero-order valence-electron chi connectivity index (χ0n) is 22.5. The molecule has 0 atom stereocenters. The summed E-state index contributed by atoms with van der Waals surface area (Å²) < 4.78 is 147. The summed E-state index contributed by atoms with van der Waals surface area (Å²) in [6, 6.07) is 9.50. The van der Waals surface area contributed by atoms with Gasteiger partial charge < -0.3 is 0 Å². The van der Waals surface area contributed by atoms with Crippen molar-refractivity contribution in [3.8, 4) is 11.1 Å². The lowest BCUT2D eigenvalue weighted by atomic mass is 9.77. The predicted octanol–water partition coefficient (Wildman–Crippen LogP) is 11.5. The van der Waals surface area contributed by atoms with E-state index in [0.717, 1.165) is 49.3 Å². The molecule has 3 rings (SSSR count). The first-order chi connectivity index (χ1) is 19.0. The van der Waals surface area contributed by atoms with Crippen molar-refractivity contribution in [3.63, 3.8) is 0 Å². The van der Waals surface area contributed by atoms with Gasteiger partial charge in [0.15, 0.2) is 0 Å². The van der Waals surface area contributed by atoms with Gasteiger partial charge in [0.05, 0.1) is 0 Å². The van der Waals surface area contributed by atoms with Gasteiger partial charge in [-0.25, -0.2) is 0 Å². The first kappa shape index (κ1) is 33.2. The van der Waals surface area contributed by atoms with Crippen LogP contribution in [0.3, 0.4) is 0 Å². The Hall–Kier alpha value is -2.33. The number of hydrogen-bond donors (Lipinski definition) is 0. The normalized spacial score (nSPS) is 19.4. The van der Waals surface area contributed by atoms with Crippen LogP contribution >= 0.6 is 0 Å². The lowest BCUT2D eigenvalue weighted by molar-refractivity contribution is -0.424.